The summed E-state index contributed by atoms with van der Waals surface area (Å²) in [6.07, 6.45) is 5.44. The number of piperidine rings is 1. The summed E-state index contributed by atoms with van der Waals surface area (Å²) in [6, 6.07) is 17.7. The smallest absolute Gasteiger partial charge is 0.253 e. The normalized spacial score (nSPS) is 18.1. The summed E-state index contributed by atoms with van der Waals surface area (Å²) in [5, 5.41) is 0. The summed E-state index contributed by atoms with van der Waals surface area (Å²) in [4.78, 5) is 34.3. The van der Waals surface area contributed by atoms with Crippen LogP contribution in [0.1, 0.15) is 28.8 Å². The zero-order valence-electron chi connectivity index (χ0n) is 19.0. The van der Waals surface area contributed by atoms with Gasteiger partial charge in [-0.25, -0.2) is 4.39 Å². The average Bonchev–Trinajstić information content (AvgIpc) is 2.84. The Morgan fingerprint density at radius 1 is 1.09 bits per heavy atom. The van der Waals surface area contributed by atoms with E-state index in [1.54, 1.807) is 36.2 Å². The molecule has 0 unspecified atom stereocenters. The number of nitrogens with zero attached hydrogens (tertiary/aromatic N) is 3. The largest absolute Gasteiger partial charge is 0.348 e. The molecule has 4 rings (SSSR count). The minimum Gasteiger partial charge on any atom is -0.348 e. The van der Waals surface area contributed by atoms with E-state index in [0.717, 1.165) is 16.7 Å². The quantitative estimate of drug-likeness (QED) is 0.583. The lowest BCUT2D eigenvalue weighted by molar-refractivity contribution is -0.142. The first-order valence-corrected chi connectivity index (χ1v) is 11.1. The Labute approximate surface area is 193 Å². The number of benzene rings is 2. The fourth-order valence-corrected chi connectivity index (χ4v) is 4.82. The van der Waals surface area contributed by atoms with E-state index in [2.05, 4.69) is 4.98 Å². The topological polar surface area (TPSA) is 53.5 Å². The maximum atomic E-state index is 13.7. The number of pyridine rings is 1. The van der Waals surface area contributed by atoms with Crippen LogP contribution in [0.4, 0.5) is 4.39 Å². The Hall–Kier alpha value is -3.54. The predicted octanol–water partition coefficient (Wildman–Crippen LogP) is 4.44. The summed E-state index contributed by atoms with van der Waals surface area (Å²) in [7, 11) is 3.51. The standard InChI is InChI=1S/C27H28FN3O2/c1-30(2)26(33)27(17-21-8-3-4-12-24(21)22-10-6-14-29-18-22)13-7-15-31(19-27)25(32)20-9-5-11-23(28)16-20/h3-6,8-12,14,16,18H,7,13,15,17,19H2,1-2H3/t27-/m0/s1. The molecule has 170 valence electrons. The number of amides is 2. The van der Waals surface area contributed by atoms with Gasteiger partial charge in [-0.05, 0) is 54.7 Å². The molecule has 6 heteroatoms. The Morgan fingerprint density at radius 2 is 1.91 bits per heavy atom. The van der Waals surface area contributed by atoms with Gasteiger partial charge in [0, 0.05) is 50.7 Å². The van der Waals surface area contributed by atoms with Gasteiger partial charge in [-0.2, -0.15) is 0 Å². The van der Waals surface area contributed by atoms with Gasteiger partial charge in [0.15, 0.2) is 0 Å². The van der Waals surface area contributed by atoms with Crippen LogP contribution >= 0.6 is 0 Å². The van der Waals surface area contributed by atoms with Crippen LogP contribution in [0.3, 0.4) is 0 Å². The van der Waals surface area contributed by atoms with Gasteiger partial charge in [0.2, 0.25) is 5.91 Å². The molecule has 2 aromatic carbocycles. The average molecular weight is 446 g/mol. The van der Waals surface area contributed by atoms with Gasteiger partial charge in [0.25, 0.3) is 5.91 Å². The zero-order chi connectivity index (χ0) is 23.4. The third-order valence-electron chi connectivity index (χ3n) is 6.31. The van der Waals surface area contributed by atoms with E-state index in [-0.39, 0.29) is 11.8 Å². The van der Waals surface area contributed by atoms with Gasteiger partial charge in [0.05, 0.1) is 5.41 Å². The van der Waals surface area contributed by atoms with Gasteiger partial charge in [-0.1, -0.05) is 36.4 Å². The second-order valence-corrected chi connectivity index (χ2v) is 8.90. The van der Waals surface area contributed by atoms with Crippen LogP contribution in [0.5, 0.6) is 0 Å². The minimum absolute atomic E-state index is 0.000215. The molecule has 2 heterocycles. The fraction of sp³-hybridized carbons (Fsp3) is 0.296. The lowest BCUT2D eigenvalue weighted by atomic mass is 9.72. The SMILES string of the molecule is CN(C)C(=O)[C@]1(Cc2ccccc2-c2cccnc2)CCCN(C(=O)c2cccc(F)c2)C1. The first-order chi connectivity index (χ1) is 15.9. The molecule has 3 aromatic rings. The summed E-state index contributed by atoms with van der Waals surface area (Å²) in [5.41, 5.74) is 2.61. The maximum Gasteiger partial charge on any atom is 0.253 e. The molecule has 0 radical (unpaired) electrons. The van der Waals surface area contributed by atoms with E-state index < -0.39 is 11.2 Å². The number of aromatic nitrogens is 1. The first-order valence-electron chi connectivity index (χ1n) is 11.1. The van der Waals surface area contributed by atoms with Crippen molar-refractivity contribution in [2.24, 2.45) is 5.41 Å². The molecule has 1 aliphatic rings. The van der Waals surface area contributed by atoms with E-state index in [0.29, 0.717) is 37.9 Å². The third kappa shape index (κ3) is 4.80. The molecular weight excluding hydrogens is 417 g/mol. The summed E-state index contributed by atoms with van der Waals surface area (Å²) in [6.45, 7) is 0.836. The Bertz CT molecular complexity index is 1150. The molecular formula is C27H28FN3O2. The first kappa shape index (κ1) is 22.6. The molecule has 2 amide bonds. The monoisotopic (exact) mass is 445 g/mol. The lowest BCUT2D eigenvalue weighted by Gasteiger charge is -2.43. The Kier molecular flexibility index (Phi) is 6.54. The number of rotatable bonds is 5. The number of carbonyl (C=O) groups excluding carboxylic acids is 2. The maximum absolute atomic E-state index is 13.7. The highest BCUT2D eigenvalue weighted by Gasteiger charge is 2.44. The molecule has 1 atom stereocenters. The highest BCUT2D eigenvalue weighted by Crippen LogP contribution is 2.38. The molecule has 0 N–H and O–H groups in total. The van der Waals surface area contributed by atoms with Crippen LogP contribution in [-0.2, 0) is 11.2 Å². The molecule has 5 nitrogen and oxygen atoms in total. The van der Waals surface area contributed by atoms with Crippen molar-refractivity contribution in [1.29, 1.82) is 0 Å². The van der Waals surface area contributed by atoms with E-state index in [1.807, 2.05) is 42.6 Å². The van der Waals surface area contributed by atoms with Crippen molar-refractivity contribution < 1.29 is 14.0 Å². The van der Waals surface area contributed by atoms with Gasteiger partial charge < -0.3 is 9.80 Å². The molecule has 0 saturated carbocycles. The van der Waals surface area contributed by atoms with Crippen LogP contribution in [0.2, 0.25) is 0 Å². The molecule has 33 heavy (non-hydrogen) atoms. The molecule has 1 fully saturated rings. The fourth-order valence-electron chi connectivity index (χ4n) is 4.82. The Morgan fingerprint density at radius 3 is 2.64 bits per heavy atom. The van der Waals surface area contributed by atoms with E-state index >= 15 is 0 Å². The molecule has 0 aliphatic carbocycles. The number of halogens is 1. The molecule has 1 aliphatic heterocycles. The molecule has 1 saturated heterocycles. The number of likely N-dealkylation sites (tertiary alicyclic amines) is 1. The van der Waals surface area contributed by atoms with Crippen LogP contribution in [-0.4, -0.2) is 53.8 Å². The van der Waals surface area contributed by atoms with Crippen LogP contribution < -0.4 is 0 Å². The van der Waals surface area contributed by atoms with Crippen LogP contribution in [0.15, 0.2) is 73.1 Å². The number of hydrogen-bond acceptors (Lipinski definition) is 3. The van der Waals surface area contributed by atoms with Crippen molar-refractivity contribution in [1.82, 2.24) is 14.8 Å². The molecule has 0 spiro atoms. The highest BCUT2D eigenvalue weighted by atomic mass is 19.1. The Balaban J connectivity index is 1.70. The lowest BCUT2D eigenvalue weighted by Crippen LogP contribution is -2.54. The van der Waals surface area contributed by atoms with Crippen molar-refractivity contribution >= 4 is 11.8 Å². The van der Waals surface area contributed by atoms with Crippen molar-refractivity contribution in [3.8, 4) is 11.1 Å². The van der Waals surface area contributed by atoms with Crippen LogP contribution in [0, 0.1) is 11.2 Å². The van der Waals surface area contributed by atoms with Crippen LogP contribution in [0.25, 0.3) is 11.1 Å². The van der Waals surface area contributed by atoms with Crippen molar-refractivity contribution in [2.75, 3.05) is 27.2 Å². The van der Waals surface area contributed by atoms with Crippen molar-refractivity contribution in [3.63, 3.8) is 0 Å². The minimum atomic E-state index is -0.761. The van der Waals surface area contributed by atoms with Gasteiger partial charge in [0.1, 0.15) is 5.82 Å². The molecule has 0 bridgehead atoms. The van der Waals surface area contributed by atoms with E-state index in [9.17, 15) is 14.0 Å². The zero-order valence-corrected chi connectivity index (χ0v) is 19.0. The van der Waals surface area contributed by atoms with E-state index in [4.69, 9.17) is 0 Å². The number of hydrogen-bond donors (Lipinski definition) is 0. The predicted molar refractivity (Wildman–Crippen MR) is 126 cm³/mol. The second kappa shape index (κ2) is 9.53. The summed E-state index contributed by atoms with van der Waals surface area (Å²) >= 11 is 0. The second-order valence-electron chi connectivity index (χ2n) is 8.90. The summed E-state index contributed by atoms with van der Waals surface area (Å²) < 4.78 is 13.7. The number of carbonyl (C=O) groups is 2. The van der Waals surface area contributed by atoms with E-state index in [1.165, 1.54) is 18.2 Å². The van der Waals surface area contributed by atoms with Crippen molar-refractivity contribution in [3.05, 3.63) is 90.0 Å². The summed E-state index contributed by atoms with van der Waals surface area (Å²) in [5.74, 6) is -0.690. The van der Waals surface area contributed by atoms with Crippen molar-refractivity contribution in [2.45, 2.75) is 19.3 Å². The third-order valence-corrected chi connectivity index (χ3v) is 6.31. The highest BCUT2D eigenvalue weighted by molar-refractivity contribution is 5.95. The molecule has 1 aromatic heterocycles. The van der Waals surface area contributed by atoms with Gasteiger partial charge in [-0.15, -0.1) is 0 Å². The van der Waals surface area contributed by atoms with Gasteiger partial charge in [-0.3, -0.25) is 14.6 Å². The van der Waals surface area contributed by atoms with Gasteiger partial charge >= 0.3 is 0 Å².